The Hall–Kier alpha value is -1.58. The summed E-state index contributed by atoms with van der Waals surface area (Å²) >= 11 is 0. The molecular formula is C13H16F2N2. The van der Waals surface area contributed by atoms with Gasteiger partial charge in [-0.25, -0.2) is 8.78 Å². The molecular weight excluding hydrogens is 222 g/mol. The van der Waals surface area contributed by atoms with Crippen LogP contribution in [0.4, 0.5) is 20.2 Å². The topological polar surface area (TPSA) is 38.0 Å². The molecule has 17 heavy (non-hydrogen) atoms. The van der Waals surface area contributed by atoms with E-state index < -0.39 is 11.6 Å². The molecule has 0 aliphatic heterocycles. The maximum Gasteiger partial charge on any atom is 0.151 e. The van der Waals surface area contributed by atoms with Crippen molar-refractivity contribution in [2.75, 3.05) is 17.6 Å². The van der Waals surface area contributed by atoms with Crippen LogP contribution in [-0.4, -0.2) is 6.54 Å². The number of allylic oxidation sites excluding steroid dienone is 1. The molecule has 4 heteroatoms. The van der Waals surface area contributed by atoms with Crippen LogP contribution in [0.5, 0.6) is 0 Å². The predicted molar refractivity (Wildman–Crippen MR) is 65.8 cm³/mol. The molecule has 0 bridgehead atoms. The highest BCUT2D eigenvalue weighted by molar-refractivity contribution is 5.54. The minimum Gasteiger partial charge on any atom is -0.399 e. The van der Waals surface area contributed by atoms with Gasteiger partial charge in [-0.15, -0.1) is 0 Å². The number of anilines is 2. The first-order chi connectivity index (χ1) is 8.16. The second kappa shape index (κ2) is 5.17. The third-order valence-electron chi connectivity index (χ3n) is 2.95. The number of nitrogen functional groups attached to an aromatic ring is 1. The van der Waals surface area contributed by atoms with E-state index in [1.165, 1.54) is 12.0 Å². The highest BCUT2D eigenvalue weighted by Crippen LogP contribution is 2.23. The number of rotatable bonds is 4. The summed E-state index contributed by atoms with van der Waals surface area (Å²) < 4.78 is 26.8. The highest BCUT2D eigenvalue weighted by atomic mass is 19.1. The van der Waals surface area contributed by atoms with Crippen molar-refractivity contribution in [2.45, 2.75) is 25.7 Å². The van der Waals surface area contributed by atoms with Gasteiger partial charge in [0.05, 0.1) is 0 Å². The van der Waals surface area contributed by atoms with E-state index in [-0.39, 0.29) is 11.4 Å². The van der Waals surface area contributed by atoms with Crippen molar-refractivity contribution in [3.05, 3.63) is 35.4 Å². The van der Waals surface area contributed by atoms with E-state index in [4.69, 9.17) is 5.73 Å². The average Bonchev–Trinajstić information content (AvgIpc) is 2.74. The zero-order chi connectivity index (χ0) is 12.3. The molecule has 0 heterocycles. The molecule has 0 spiro atoms. The van der Waals surface area contributed by atoms with Gasteiger partial charge in [-0.1, -0.05) is 11.6 Å². The van der Waals surface area contributed by atoms with Gasteiger partial charge < -0.3 is 11.1 Å². The van der Waals surface area contributed by atoms with Gasteiger partial charge in [0.1, 0.15) is 5.69 Å². The second-order valence-electron chi connectivity index (χ2n) is 4.29. The van der Waals surface area contributed by atoms with E-state index in [1.54, 1.807) is 0 Å². The second-order valence-corrected chi connectivity index (χ2v) is 4.29. The summed E-state index contributed by atoms with van der Waals surface area (Å²) in [7, 11) is 0. The first kappa shape index (κ1) is 11.9. The fraction of sp³-hybridized carbons (Fsp3) is 0.385. The number of nitrogens with two attached hydrogens (primary N) is 1. The van der Waals surface area contributed by atoms with E-state index in [0.29, 0.717) is 6.54 Å². The minimum absolute atomic E-state index is 0.0854. The first-order valence-corrected chi connectivity index (χ1v) is 5.83. The van der Waals surface area contributed by atoms with Gasteiger partial charge >= 0.3 is 0 Å². The van der Waals surface area contributed by atoms with Crippen LogP contribution >= 0.6 is 0 Å². The van der Waals surface area contributed by atoms with E-state index in [0.717, 1.165) is 31.4 Å². The van der Waals surface area contributed by atoms with Crippen LogP contribution in [0, 0.1) is 11.6 Å². The zero-order valence-corrected chi connectivity index (χ0v) is 9.60. The Labute approximate surface area is 99.5 Å². The zero-order valence-electron chi connectivity index (χ0n) is 9.60. The summed E-state index contributed by atoms with van der Waals surface area (Å²) in [5, 5.41) is 2.79. The SMILES string of the molecule is Nc1cc(F)c(NCCC2=CCCC2)c(F)c1. The van der Waals surface area contributed by atoms with Crippen molar-refractivity contribution in [2.24, 2.45) is 0 Å². The molecule has 1 aromatic rings. The molecule has 2 rings (SSSR count). The van der Waals surface area contributed by atoms with Crippen molar-refractivity contribution in [1.82, 2.24) is 0 Å². The smallest absolute Gasteiger partial charge is 0.151 e. The van der Waals surface area contributed by atoms with Crippen LogP contribution < -0.4 is 11.1 Å². The number of halogens is 2. The molecule has 1 aromatic carbocycles. The fourth-order valence-corrected chi connectivity index (χ4v) is 2.07. The summed E-state index contributed by atoms with van der Waals surface area (Å²) in [6.45, 7) is 0.545. The van der Waals surface area contributed by atoms with Crippen LogP contribution in [0.2, 0.25) is 0 Å². The Morgan fingerprint density at radius 1 is 1.24 bits per heavy atom. The molecule has 3 N–H and O–H groups in total. The van der Waals surface area contributed by atoms with Crippen molar-refractivity contribution in [3.8, 4) is 0 Å². The maximum absolute atomic E-state index is 13.4. The molecule has 0 radical (unpaired) electrons. The summed E-state index contributed by atoms with van der Waals surface area (Å²) in [6.07, 6.45) is 6.47. The van der Waals surface area contributed by atoms with Gasteiger partial charge in [-0.05, 0) is 37.8 Å². The highest BCUT2D eigenvalue weighted by Gasteiger charge is 2.10. The quantitative estimate of drug-likeness (QED) is 0.622. The molecule has 1 aliphatic rings. The van der Waals surface area contributed by atoms with Gasteiger partial charge in [0, 0.05) is 12.2 Å². The average molecular weight is 238 g/mol. The standard InChI is InChI=1S/C13H16F2N2/c14-11-7-10(16)8-12(15)13(11)17-6-5-9-3-1-2-4-9/h3,7-8,17H,1-2,4-6,16H2. The lowest BCUT2D eigenvalue weighted by Crippen LogP contribution is -2.07. The molecule has 0 saturated heterocycles. The van der Waals surface area contributed by atoms with Crippen LogP contribution in [-0.2, 0) is 0 Å². The van der Waals surface area contributed by atoms with Gasteiger partial charge in [0.25, 0.3) is 0 Å². The van der Waals surface area contributed by atoms with E-state index in [9.17, 15) is 8.78 Å². The lowest BCUT2D eigenvalue weighted by molar-refractivity contribution is 0.589. The Bertz CT molecular complexity index is 418. The number of benzene rings is 1. The Morgan fingerprint density at radius 2 is 1.94 bits per heavy atom. The number of hydrogen-bond acceptors (Lipinski definition) is 2. The summed E-state index contributed by atoms with van der Waals surface area (Å²) in [5.41, 5.74) is 6.72. The van der Waals surface area contributed by atoms with Crippen LogP contribution in [0.25, 0.3) is 0 Å². The van der Waals surface area contributed by atoms with Crippen molar-refractivity contribution in [3.63, 3.8) is 0 Å². The molecule has 2 nitrogen and oxygen atoms in total. The molecule has 0 aromatic heterocycles. The lowest BCUT2D eigenvalue weighted by Gasteiger charge is -2.09. The van der Waals surface area contributed by atoms with Crippen molar-refractivity contribution >= 4 is 11.4 Å². The van der Waals surface area contributed by atoms with Crippen LogP contribution in [0.3, 0.4) is 0 Å². The Kier molecular flexibility index (Phi) is 3.61. The number of hydrogen-bond donors (Lipinski definition) is 2. The van der Waals surface area contributed by atoms with E-state index in [2.05, 4.69) is 11.4 Å². The molecule has 0 saturated carbocycles. The van der Waals surface area contributed by atoms with Gasteiger partial charge in [0.2, 0.25) is 0 Å². The predicted octanol–water partition coefficient (Wildman–Crippen LogP) is 3.46. The van der Waals surface area contributed by atoms with E-state index >= 15 is 0 Å². The molecule has 0 atom stereocenters. The summed E-state index contributed by atoms with van der Waals surface area (Å²) in [5.74, 6) is -1.27. The van der Waals surface area contributed by atoms with E-state index in [1.807, 2.05) is 0 Å². The summed E-state index contributed by atoms with van der Waals surface area (Å²) in [6, 6.07) is 2.25. The summed E-state index contributed by atoms with van der Waals surface area (Å²) in [4.78, 5) is 0. The molecule has 92 valence electrons. The largest absolute Gasteiger partial charge is 0.399 e. The maximum atomic E-state index is 13.4. The molecule has 0 unspecified atom stereocenters. The normalized spacial score (nSPS) is 14.8. The third kappa shape index (κ3) is 2.96. The first-order valence-electron chi connectivity index (χ1n) is 5.83. The van der Waals surface area contributed by atoms with Gasteiger partial charge in [-0.3, -0.25) is 0 Å². The van der Waals surface area contributed by atoms with Crippen molar-refractivity contribution in [1.29, 1.82) is 0 Å². The van der Waals surface area contributed by atoms with Crippen LogP contribution in [0.1, 0.15) is 25.7 Å². The Morgan fingerprint density at radius 3 is 2.53 bits per heavy atom. The monoisotopic (exact) mass is 238 g/mol. The minimum atomic E-state index is -0.636. The van der Waals surface area contributed by atoms with Gasteiger partial charge in [-0.2, -0.15) is 0 Å². The van der Waals surface area contributed by atoms with Crippen LogP contribution in [0.15, 0.2) is 23.8 Å². The molecule has 0 amide bonds. The Balaban J connectivity index is 1.94. The fourth-order valence-electron chi connectivity index (χ4n) is 2.07. The third-order valence-corrected chi connectivity index (χ3v) is 2.95. The lowest BCUT2D eigenvalue weighted by atomic mass is 10.1. The molecule has 1 aliphatic carbocycles. The van der Waals surface area contributed by atoms with Crippen molar-refractivity contribution < 1.29 is 8.78 Å². The van der Waals surface area contributed by atoms with Gasteiger partial charge in [0.15, 0.2) is 11.6 Å². The molecule has 0 fully saturated rings. The number of nitrogens with one attached hydrogen (secondary N) is 1.